The van der Waals surface area contributed by atoms with Crippen molar-refractivity contribution in [2.24, 2.45) is 0 Å². The Morgan fingerprint density at radius 2 is 2.44 bits per heavy atom. The van der Waals surface area contributed by atoms with Gasteiger partial charge in [0.2, 0.25) is 5.91 Å². The number of aromatic nitrogens is 2. The van der Waals surface area contributed by atoms with Crippen molar-refractivity contribution in [2.45, 2.75) is 37.2 Å². The lowest BCUT2D eigenvalue weighted by Crippen LogP contribution is -2.32. The molecule has 1 amide bonds. The van der Waals surface area contributed by atoms with Crippen LogP contribution in [0.5, 0.6) is 0 Å². The van der Waals surface area contributed by atoms with Crippen molar-refractivity contribution in [1.29, 1.82) is 0 Å². The third-order valence-electron chi connectivity index (χ3n) is 2.49. The van der Waals surface area contributed by atoms with Gasteiger partial charge in [-0.15, -0.1) is 0 Å². The molecule has 0 aromatic carbocycles. The number of nitrogens with one attached hydrogen (secondary N) is 1. The second-order valence-electron chi connectivity index (χ2n) is 3.89. The quantitative estimate of drug-likeness (QED) is 0.575. The SMILES string of the molecule is CCn1ccnc1SC(C)C(=O)NCCCOC. The normalized spacial score (nSPS) is 12.4. The molecule has 0 aliphatic rings. The highest BCUT2D eigenvalue weighted by molar-refractivity contribution is 8.00. The van der Waals surface area contributed by atoms with Crippen molar-refractivity contribution < 1.29 is 9.53 Å². The number of methoxy groups -OCH3 is 1. The Hall–Kier alpha value is -1.01. The van der Waals surface area contributed by atoms with Gasteiger partial charge in [0, 0.05) is 39.2 Å². The van der Waals surface area contributed by atoms with E-state index in [4.69, 9.17) is 4.74 Å². The van der Waals surface area contributed by atoms with Crippen molar-refractivity contribution in [3.63, 3.8) is 0 Å². The van der Waals surface area contributed by atoms with E-state index >= 15 is 0 Å². The first-order valence-electron chi connectivity index (χ1n) is 6.13. The van der Waals surface area contributed by atoms with Crippen LogP contribution in [0.2, 0.25) is 0 Å². The summed E-state index contributed by atoms with van der Waals surface area (Å²) in [5, 5.41) is 3.64. The lowest BCUT2D eigenvalue weighted by Gasteiger charge is -2.12. The molecule has 1 rings (SSSR count). The lowest BCUT2D eigenvalue weighted by atomic mass is 10.4. The van der Waals surface area contributed by atoms with Crippen molar-refractivity contribution in [3.05, 3.63) is 12.4 Å². The zero-order valence-electron chi connectivity index (χ0n) is 11.2. The molecule has 0 aliphatic carbocycles. The van der Waals surface area contributed by atoms with Crippen LogP contribution >= 0.6 is 11.8 Å². The number of thioether (sulfide) groups is 1. The topological polar surface area (TPSA) is 56.2 Å². The summed E-state index contributed by atoms with van der Waals surface area (Å²) in [6.07, 6.45) is 4.52. The van der Waals surface area contributed by atoms with Crippen LogP contribution in [0.25, 0.3) is 0 Å². The molecule has 6 heteroatoms. The first kappa shape index (κ1) is 15.0. The van der Waals surface area contributed by atoms with Crippen LogP contribution in [0.3, 0.4) is 0 Å². The number of aryl methyl sites for hydroxylation is 1. The van der Waals surface area contributed by atoms with Crippen molar-refractivity contribution in [1.82, 2.24) is 14.9 Å². The monoisotopic (exact) mass is 271 g/mol. The molecule has 0 saturated heterocycles. The summed E-state index contributed by atoms with van der Waals surface area (Å²) in [5.74, 6) is 0.0433. The van der Waals surface area contributed by atoms with Crippen LogP contribution in [0.15, 0.2) is 17.6 Å². The summed E-state index contributed by atoms with van der Waals surface area (Å²) in [4.78, 5) is 16.1. The molecule has 1 atom stereocenters. The molecule has 1 unspecified atom stereocenters. The van der Waals surface area contributed by atoms with Gasteiger partial charge in [0.05, 0.1) is 5.25 Å². The molecule has 0 fully saturated rings. The summed E-state index contributed by atoms with van der Waals surface area (Å²) in [6.45, 7) is 6.14. The second-order valence-corrected chi connectivity index (χ2v) is 5.20. The van der Waals surface area contributed by atoms with Crippen LogP contribution in [0.4, 0.5) is 0 Å². The molecule has 0 bridgehead atoms. The number of amides is 1. The number of rotatable bonds is 8. The van der Waals surface area contributed by atoms with E-state index in [-0.39, 0.29) is 11.2 Å². The average molecular weight is 271 g/mol. The maximum Gasteiger partial charge on any atom is 0.233 e. The van der Waals surface area contributed by atoms with E-state index in [1.807, 2.05) is 17.7 Å². The third kappa shape index (κ3) is 4.70. The van der Waals surface area contributed by atoms with E-state index in [0.717, 1.165) is 18.1 Å². The van der Waals surface area contributed by atoms with E-state index in [2.05, 4.69) is 17.2 Å². The van der Waals surface area contributed by atoms with Crippen LogP contribution in [-0.2, 0) is 16.1 Å². The Labute approximate surface area is 112 Å². The fourth-order valence-electron chi connectivity index (χ4n) is 1.44. The minimum atomic E-state index is -0.139. The number of hydrogen-bond acceptors (Lipinski definition) is 4. The van der Waals surface area contributed by atoms with Crippen molar-refractivity contribution in [3.8, 4) is 0 Å². The predicted molar refractivity (Wildman–Crippen MR) is 72.7 cm³/mol. The Kier molecular flexibility index (Phi) is 6.82. The van der Waals surface area contributed by atoms with Gasteiger partial charge in [-0.25, -0.2) is 4.98 Å². The van der Waals surface area contributed by atoms with Gasteiger partial charge in [0.25, 0.3) is 0 Å². The highest BCUT2D eigenvalue weighted by Gasteiger charge is 2.16. The Morgan fingerprint density at radius 1 is 1.67 bits per heavy atom. The van der Waals surface area contributed by atoms with E-state index in [1.54, 1.807) is 13.3 Å². The standard InChI is InChI=1S/C12H21N3O2S/c1-4-15-8-7-14-12(15)18-10(2)11(16)13-6-5-9-17-3/h7-8,10H,4-6,9H2,1-3H3,(H,13,16). The number of nitrogens with zero attached hydrogens (tertiary/aromatic N) is 2. The molecular weight excluding hydrogens is 250 g/mol. The van der Waals surface area contributed by atoms with Gasteiger partial charge in [-0.1, -0.05) is 11.8 Å². The Bertz CT molecular complexity index is 368. The molecule has 18 heavy (non-hydrogen) atoms. The van der Waals surface area contributed by atoms with Gasteiger partial charge in [-0.3, -0.25) is 4.79 Å². The zero-order chi connectivity index (χ0) is 13.4. The highest BCUT2D eigenvalue weighted by Crippen LogP contribution is 2.21. The lowest BCUT2D eigenvalue weighted by molar-refractivity contribution is -0.120. The molecule has 0 saturated carbocycles. The first-order valence-corrected chi connectivity index (χ1v) is 7.01. The number of hydrogen-bond donors (Lipinski definition) is 1. The molecule has 0 spiro atoms. The molecule has 1 aromatic heterocycles. The van der Waals surface area contributed by atoms with Gasteiger partial charge in [0.1, 0.15) is 0 Å². The fraction of sp³-hybridized carbons (Fsp3) is 0.667. The Balaban J connectivity index is 2.35. The van der Waals surface area contributed by atoms with Crippen molar-refractivity contribution in [2.75, 3.05) is 20.3 Å². The smallest absolute Gasteiger partial charge is 0.233 e. The Morgan fingerprint density at radius 3 is 3.11 bits per heavy atom. The van der Waals surface area contributed by atoms with Gasteiger partial charge in [0.15, 0.2) is 5.16 Å². The minimum Gasteiger partial charge on any atom is -0.385 e. The van der Waals surface area contributed by atoms with Gasteiger partial charge >= 0.3 is 0 Å². The highest BCUT2D eigenvalue weighted by atomic mass is 32.2. The largest absolute Gasteiger partial charge is 0.385 e. The van der Waals surface area contributed by atoms with E-state index in [9.17, 15) is 4.79 Å². The van der Waals surface area contributed by atoms with E-state index < -0.39 is 0 Å². The first-order chi connectivity index (χ1) is 8.69. The number of ether oxygens (including phenoxy) is 1. The van der Waals surface area contributed by atoms with E-state index in [0.29, 0.717) is 13.2 Å². The van der Waals surface area contributed by atoms with Crippen molar-refractivity contribution >= 4 is 17.7 Å². The second kappa shape index (κ2) is 8.16. The van der Waals surface area contributed by atoms with E-state index in [1.165, 1.54) is 11.8 Å². The third-order valence-corrected chi connectivity index (χ3v) is 3.61. The molecule has 0 aliphatic heterocycles. The van der Waals surface area contributed by atoms with Gasteiger partial charge < -0.3 is 14.6 Å². The summed E-state index contributed by atoms with van der Waals surface area (Å²) in [7, 11) is 1.66. The molecule has 1 heterocycles. The van der Waals surface area contributed by atoms with Gasteiger partial charge in [-0.2, -0.15) is 0 Å². The number of carbonyl (C=O) groups is 1. The molecule has 5 nitrogen and oxygen atoms in total. The minimum absolute atomic E-state index is 0.0433. The number of imidazole rings is 1. The summed E-state index contributed by atoms with van der Waals surface area (Å²) >= 11 is 1.48. The molecule has 102 valence electrons. The van der Waals surface area contributed by atoms with Gasteiger partial charge in [-0.05, 0) is 20.3 Å². The predicted octanol–water partition coefficient (Wildman–Crippen LogP) is 1.54. The molecule has 1 N–H and O–H groups in total. The average Bonchev–Trinajstić information content (AvgIpc) is 2.81. The summed E-state index contributed by atoms with van der Waals surface area (Å²) in [5.41, 5.74) is 0. The van der Waals surface area contributed by atoms with Crippen LogP contribution in [-0.4, -0.2) is 41.0 Å². The number of carbonyl (C=O) groups excluding carboxylic acids is 1. The summed E-state index contributed by atoms with van der Waals surface area (Å²) < 4.78 is 6.96. The maximum atomic E-state index is 11.8. The zero-order valence-corrected chi connectivity index (χ0v) is 12.0. The molecule has 0 radical (unpaired) electrons. The fourth-order valence-corrected chi connectivity index (χ4v) is 2.39. The van der Waals surface area contributed by atoms with Crippen LogP contribution < -0.4 is 5.32 Å². The van der Waals surface area contributed by atoms with Crippen LogP contribution in [0.1, 0.15) is 20.3 Å². The van der Waals surface area contributed by atoms with Crippen LogP contribution in [0, 0.1) is 0 Å². The maximum absolute atomic E-state index is 11.8. The molecule has 1 aromatic rings. The molecular formula is C12H21N3O2S. The summed E-state index contributed by atoms with van der Waals surface area (Å²) in [6, 6.07) is 0.